The number of aromatic nitrogens is 1. The van der Waals surface area contributed by atoms with Crippen molar-refractivity contribution in [2.45, 2.75) is 27.7 Å². The molecule has 1 saturated heterocycles. The lowest BCUT2D eigenvalue weighted by molar-refractivity contribution is -0.122. The maximum Gasteiger partial charge on any atom is 0.355 e. The van der Waals surface area contributed by atoms with E-state index in [0.717, 1.165) is 26.2 Å². The number of ketones is 1. The summed E-state index contributed by atoms with van der Waals surface area (Å²) in [6.07, 6.45) is 0. The van der Waals surface area contributed by atoms with Crippen LogP contribution >= 0.6 is 0 Å². The van der Waals surface area contributed by atoms with Crippen LogP contribution in [0.1, 0.15) is 46.0 Å². The number of carbonyl (C=O) groups is 3. The Morgan fingerprint density at radius 1 is 1.04 bits per heavy atom. The van der Waals surface area contributed by atoms with E-state index in [1.165, 1.54) is 0 Å². The topological polar surface area (TPSA) is 94.7 Å². The number of ether oxygens (including phenoxy) is 1. The van der Waals surface area contributed by atoms with E-state index in [-0.39, 0.29) is 11.7 Å². The number of nitrogens with one attached hydrogen (secondary N) is 2. The highest BCUT2D eigenvalue weighted by Gasteiger charge is 2.25. The number of amides is 1. The summed E-state index contributed by atoms with van der Waals surface area (Å²) in [5.74, 6) is -0.405. The first kappa shape index (κ1) is 21.1. The molecule has 2 heterocycles. The van der Waals surface area contributed by atoms with E-state index in [1.54, 1.807) is 20.8 Å². The molecule has 0 aliphatic carbocycles. The average Bonchev–Trinajstić information content (AvgIpc) is 2.91. The summed E-state index contributed by atoms with van der Waals surface area (Å²) in [5.41, 5.74) is 2.26. The van der Waals surface area contributed by atoms with Crippen molar-refractivity contribution in [1.29, 1.82) is 0 Å². The molecule has 150 valence electrons. The zero-order chi connectivity index (χ0) is 20.0. The van der Waals surface area contributed by atoms with Crippen molar-refractivity contribution in [3.05, 3.63) is 22.5 Å². The molecule has 0 unspecified atom stereocenters. The molecule has 1 aromatic rings. The normalized spacial score (nSPS) is 15.6. The molecule has 1 fully saturated rings. The van der Waals surface area contributed by atoms with E-state index < -0.39 is 5.97 Å². The van der Waals surface area contributed by atoms with Crippen LogP contribution in [0.25, 0.3) is 0 Å². The van der Waals surface area contributed by atoms with Gasteiger partial charge in [0.25, 0.3) is 0 Å². The monoisotopic (exact) mass is 378 g/mol. The minimum atomic E-state index is -0.434. The van der Waals surface area contributed by atoms with Gasteiger partial charge in [0.15, 0.2) is 5.78 Å². The molecule has 0 radical (unpaired) electrons. The Kier molecular flexibility index (Phi) is 7.55. The molecule has 1 aliphatic rings. The largest absolute Gasteiger partial charge is 0.461 e. The molecule has 0 spiro atoms. The Hall–Kier alpha value is -2.19. The number of nitrogens with zero attached hydrogens (tertiary/aromatic N) is 2. The second-order valence-electron chi connectivity index (χ2n) is 6.77. The van der Waals surface area contributed by atoms with Crippen LogP contribution in [0.4, 0.5) is 0 Å². The highest BCUT2D eigenvalue weighted by molar-refractivity contribution is 6.03. The van der Waals surface area contributed by atoms with Crippen LogP contribution in [0.5, 0.6) is 0 Å². The summed E-state index contributed by atoms with van der Waals surface area (Å²) in [4.78, 5) is 43.6. The molecule has 0 bridgehead atoms. The number of piperazine rings is 1. The fourth-order valence-corrected chi connectivity index (χ4v) is 3.42. The van der Waals surface area contributed by atoms with Gasteiger partial charge in [-0.2, -0.15) is 0 Å². The summed E-state index contributed by atoms with van der Waals surface area (Å²) in [6, 6.07) is 0. The molecule has 1 aliphatic heterocycles. The maximum atomic E-state index is 12.8. The van der Waals surface area contributed by atoms with Gasteiger partial charge in [-0.3, -0.25) is 19.4 Å². The van der Waals surface area contributed by atoms with Gasteiger partial charge in [0, 0.05) is 44.0 Å². The molecule has 8 nitrogen and oxygen atoms in total. The molecular weight excluding hydrogens is 348 g/mol. The third-order valence-corrected chi connectivity index (χ3v) is 4.77. The predicted octanol–water partition coefficient (Wildman–Crippen LogP) is 0.745. The number of aryl methyl sites for hydroxylation is 1. The zero-order valence-electron chi connectivity index (χ0n) is 16.7. The number of hydrogen-bond donors (Lipinski definition) is 2. The molecular formula is C19H30N4O4. The second-order valence-corrected chi connectivity index (χ2v) is 6.77. The molecule has 2 N–H and O–H groups in total. The summed E-state index contributed by atoms with van der Waals surface area (Å²) in [7, 11) is 0. The van der Waals surface area contributed by atoms with Gasteiger partial charge in [-0.25, -0.2) is 4.79 Å². The van der Waals surface area contributed by atoms with Crippen LogP contribution < -0.4 is 5.32 Å². The average molecular weight is 378 g/mol. The molecule has 27 heavy (non-hydrogen) atoms. The number of rotatable bonds is 8. The zero-order valence-corrected chi connectivity index (χ0v) is 16.7. The maximum absolute atomic E-state index is 12.8. The van der Waals surface area contributed by atoms with Gasteiger partial charge in [0.2, 0.25) is 5.91 Å². The van der Waals surface area contributed by atoms with Crippen molar-refractivity contribution in [2.75, 3.05) is 52.4 Å². The third kappa shape index (κ3) is 5.40. The number of esters is 1. The molecule has 2 rings (SSSR count). The fraction of sp³-hybridized carbons (Fsp3) is 0.632. The number of likely N-dealkylation sites (N-methyl/N-ethyl adjacent to an activating group) is 1. The van der Waals surface area contributed by atoms with Crippen LogP contribution in [0.2, 0.25) is 0 Å². The smallest absolute Gasteiger partial charge is 0.355 e. The first-order chi connectivity index (χ1) is 12.9. The van der Waals surface area contributed by atoms with E-state index in [4.69, 9.17) is 4.74 Å². The van der Waals surface area contributed by atoms with Gasteiger partial charge in [0.05, 0.1) is 19.7 Å². The minimum Gasteiger partial charge on any atom is -0.461 e. The van der Waals surface area contributed by atoms with Crippen molar-refractivity contribution in [3.8, 4) is 0 Å². The number of H-pyrrole nitrogens is 1. The molecule has 1 amide bonds. The Morgan fingerprint density at radius 2 is 1.63 bits per heavy atom. The SMILES string of the molecule is CCNC(=O)CN1CCN(CC(=O)c2c(C)[nH]c(C(=O)OCC)c2C)CC1. The van der Waals surface area contributed by atoms with Crippen LogP contribution in [0.15, 0.2) is 0 Å². The van der Waals surface area contributed by atoms with Crippen LogP contribution in [0.3, 0.4) is 0 Å². The first-order valence-corrected chi connectivity index (χ1v) is 9.48. The van der Waals surface area contributed by atoms with Crippen molar-refractivity contribution < 1.29 is 19.1 Å². The highest BCUT2D eigenvalue weighted by atomic mass is 16.5. The summed E-state index contributed by atoms with van der Waals surface area (Å²) in [5, 5.41) is 2.80. The van der Waals surface area contributed by atoms with Gasteiger partial charge in [-0.05, 0) is 33.3 Å². The van der Waals surface area contributed by atoms with E-state index >= 15 is 0 Å². The van der Waals surface area contributed by atoms with Gasteiger partial charge >= 0.3 is 5.97 Å². The predicted molar refractivity (Wildman–Crippen MR) is 102 cm³/mol. The van der Waals surface area contributed by atoms with E-state index in [9.17, 15) is 14.4 Å². The van der Waals surface area contributed by atoms with Gasteiger partial charge in [-0.15, -0.1) is 0 Å². The number of Topliss-reactive ketones (excluding diaryl/α,β-unsaturated/α-hetero) is 1. The summed E-state index contributed by atoms with van der Waals surface area (Å²) < 4.78 is 5.04. The minimum absolute atomic E-state index is 0.00558. The lowest BCUT2D eigenvalue weighted by Gasteiger charge is -2.33. The highest BCUT2D eigenvalue weighted by Crippen LogP contribution is 2.20. The Labute approximate surface area is 160 Å². The lowest BCUT2D eigenvalue weighted by Crippen LogP contribution is -2.50. The van der Waals surface area contributed by atoms with Crippen molar-refractivity contribution in [2.24, 2.45) is 0 Å². The molecule has 0 aromatic carbocycles. The Balaban J connectivity index is 1.93. The molecule has 1 aromatic heterocycles. The van der Waals surface area contributed by atoms with E-state index in [1.807, 2.05) is 6.92 Å². The first-order valence-electron chi connectivity index (χ1n) is 9.48. The van der Waals surface area contributed by atoms with E-state index in [0.29, 0.717) is 48.8 Å². The number of carbonyl (C=O) groups excluding carboxylic acids is 3. The number of aromatic amines is 1. The summed E-state index contributed by atoms with van der Waals surface area (Å²) in [6.45, 7) is 11.8. The number of hydrogen-bond acceptors (Lipinski definition) is 6. The lowest BCUT2D eigenvalue weighted by atomic mass is 10.0. The van der Waals surface area contributed by atoms with E-state index in [2.05, 4.69) is 20.1 Å². The second kappa shape index (κ2) is 9.66. The summed E-state index contributed by atoms with van der Waals surface area (Å²) >= 11 is 0. The van der Waals surface area contributed by atoms with Crippen molar-refractivity contribution in [1.82, 2.24) is 20.1 Å². The molecule has 8 heteroatoms. The Bertz CT molecular complexity index is 690. The van der Waals surface area contributed by atoms with Crippen molar-refractivity contribution in [3.63, 3.8) is 0 Å². The van der Waals surface area contributed by atoms with Gasteiger partial charge in [-0.1, -0.05) is 0 Å². The van der Waals surface area contributed by atoms with Crippen LogP contribution in [0, 0.1) is 13.8 Å². The molecule has 0 saturated carbocycles. The third-order valence-electron chi connectivity index (χ3n) is 4.77. The fourth-order valence-electron chi connectivity index (χ4n) is 3.42. The molecule has 0 atom stereocenters. The van der Waals surface area contributed by atoms with Gasteiger partial charge in [0.1, 0.15) is 5.69 Å². The van der Waals surface area contributed by atoms with Crippen LogP contribution in [-0.4, -0.2) is 84.9 Å². The van der Waals surface area contributed by atoms with Gasteiger partial charge < -0.3 is 15.0 Å². The quantitative estimate of drug-likeness (QED) is 0.512. The standard InChI is InChI=1S/C19H30N4O4/c1-5-20-16(25)12-23-9-7-22(8-10-23)11-15(24)17-13(3)18(21-14(17)4)19(26)27-6-2/h21H,5-12H2,1-4H3,(H,20,25). The Morgan fingerprint density at radius 3 is 2.19 bits per heavy atom. The van der Waals surface area contributed by atoms with Crippen molar-refractivity contribution >= 4 is 17.7 Å². The van der Waals surface area contributed by atoms with Crippen LogP contribution in [-0.2, 0) is 9.53 Å².